The Balaban J connectivity index is 1.31. The number of nitrogens with one attached hydrogen (secondary N) is 1. The fourth-order valence-corrected chi connectivity index (χ4v) is 3.40. The molecule has 2 aromatic heterocycles. The minimum absolute atomic E-state index is 0.175. The summed E-state index contributed by atoms with van der Waals surface area (Å²) in [6, 6.07) is 15.4. The largest absolute Gasteiger partial charge is 0.489 e. The number of hydrogen-bond donors (Lipinski definition) is 1. The van der Waals surface area contributed by atoms with Crippen molar-refractivity contribution in [3.8, 4) is 5.75 Å². The first-order chi connectivity index (χ1) is 14.7. The molecule has 0 atom stereocenters. The number of ether oxygens (including phenoxy) is 1. The number of carbonyl (C=O) groups excluding carboxylic acids is 1. The van der Waals surface area contributed by atoms with Crippen LogP contribution in [-0.2, 0) is 13.2 Å². The summed E-state index contributed by atoms with van der Waals surface area (Å²) in [6.45, 7) is 2.40. The van der Waals surface area contributed by atoms with Gasteiger partial charge in [-0.2, -0.15) is 4.98 Å². The van der Waals surface area contributed by atoms with Gasteiger partial charge in [-0.15, -0.1) is 0 Å². The molecule has 0 aliphatic heterocycles. The van der Waals surface area contributed by atoms with E-state index in [-0.39, 0.29) is 12.5 Å². The van der Waals surface area contributed by atoms with E-state index in [9.17, 15) is 4.79 Å². The standard InChI is InChI=1S/C23H21N3O4/c1-14-21(23(27)24-12-20-25-22(26-30-20)16-7-8-16)18-11-17(9-10-19(18)29-14)28-13-15-5-3-2-4-6-15/h2-6,9-11,16H,7-8,12-13H2,1H3,(H,24,27). The zero-order valence-electron chi connectivity index (χ0n) is 16.6. The third-order valence-electron chi connectivity index (χ3n) is 5.14. The Morgan fingerprint density at radius 3 is 2.83 bits per heavy atom. The van der Waals surface area contributed by atoms with Crippen molar-refractivity contribution in [2.45, 2.75) is 38.8 Å². The van der Waals surface area contributed by atoms with Gasteiger partial charge in [0.1, 0.15) is 23.7 Å². The minimum atomic E-state index is -0.252. The number of carbonyl (C=O) groups is 1. The van der Waals surface area contributed by atoms with Crippen molar-refractivity contribution in [1.82, 2.24) is 15.5 Å². The van der Waals surface area contributed by atoms with Gasteiger partial charge in [0.2, 0.25) is 5.89 Å². The Morgan fingerprint density at radius 1 is 1.20 bits per heavy atom. The van der Waals surface area contributed by atoms with E-state index in [1.807, 2.05) is 48.5 Å². The van der Waals surface area contributed by atoms with Crippen LogP contribution in [0.15, 0.2) is 57.5 Å². The van der Waals surface area contributed by atoms with Crippen LogP contribution in [0.4, 0.5) is 0 Å². The number of hydrogen-bond acceptors (Lipinski definition) is 6. The fourth-order valence-electron chi connectivity index (χ4n) is 3.40. The molecule has 1 amide bonds. The number of amides is 1. The number of nitrogens with zero attached hydrogens (tertiary/aromatic N) is 2. The second kappa shape index (κ2) is 7.67. The van der Waals surface area contributed by atoms with Gasteiger partial charge >= 0.3 is 0 Å². The first kappa shape index (κ1) is 18.4. The van der Waals surface area contributed by atoms with Crippen LogP contribution in [0.2, 0.25) is 0 Å². The first-order valence-corrected chi connectivity index (χ1v) is 9.98. The molecule has 2 heterocycles. The lowest BCUT2D eigenvalue weighted by atomic mass is 10.1. The topological polar surface area (TPSA) is 90.4 Å². The number of fused-ring (bicyclic) bond motifs is 1. The van der Waals surface area contributed by atoms with Crippen LogP contribution < -0.4 is 10.1 Å². The van der Waals surface area contributed by atoms with Gasteiger partial charge in [-0.05, 0) is 43.5 Å². The Morgan fingerprint density at radius 2 is 2.03 bits per heavy atom. The Kier molecular flexibility index (Phi) is 4.71. The monoisotopic (exact) mass is 403 g/mol. The zero-order valence-corrected chi connectivity index (χ0v) is 16.6. The molecule has 1 fully saturated rings. The zero-order chi connectivity index (χ0) is 20.5. The normalized spacial score (nSPS) is 13.5. The van der Waals surface area contributed by atoms with E-state index < -0.39 is 0 Å². The maximum absolute atomic E-state index is 12.9. The van der Waals surface area contributed by atoms with Crippen LogP contribution in [0, 0.1) is 6.92 Å². The van der Waals surface area contributed by atoms with E-state index >= 15 is 0 Å². The van der Waals surface area contributed by atoms with E-state index in [0.717, 1.165) is 24.2 Å². The van der Waals surface area contributed by atoms with Crippen molar-refractivity contribution in [3.63, 3.8) is 0 Å². The molecule has 0 radical (unpaired) electrons. The quantitative estimate of drug-likeness (QED) is 0.488. The predicted octanol–water partition coefficient (Wildman–Crippen LogP) is 4.51. The molecular formula is C23H21N3O4. The molecule has 1 N–H and O–H groups in total. The van der Waals surface area contributed by atoms with Crippen molar-refractivity contribution in [2.24, 2.45) is 0 Å². The third-order valence-corrected chi connectivity index (χ3v) is 5.14. The Bertz CT molecular complexity index is 1190. The highest BCUT2D eigenvalue weighted by Gasteiger charge is 2.29. The summed E-state index contributed by atoms with van der Waals surface area (Å²) < 4.78 is 16.9. The van der Waals surface area contributed by atoms with Gasteiger partial charge in [-0.3, -0.25) is 4.79 Å². The molecule has 4 aromatic rings. The van der Waals surface area contributed by atoms with Crippen molar-refractivity contribution < 1.29 is 18.5 Å². The molecule has 152 valence electrons. The molecule has 0 saturated heterocycles. The number of aromatic nitrogens is 2. The van der Waals surface area contributed by atoms with Gasteiger partial charge in [0.15, 0.2) is 5.82 Å². The summed E-state index contributed by atoms with van der Waals surface area (Å²) >= 11 is 0. The van der Waals surface area contributed by atoms with Crippen LogP contribution >= 0.6 is 0 Å². The van der Waals surface area contributed by atoms with Gasteiger partial charge in [0, 0.05) is 11.3 Å². The van der Waals surface area contributed by atoms with Crippen molar-refractivity contribution in [2.75, 3.05) is 0 Å². The van der Waals surface area contributed by atoms with Crippen molar-refractivity contribution >= 4 is 16.9 Å². The second-order valence-electron chi connectivity index (χ2n) is 7.47. The summed E-state index contributed by atoms with van der Waals surface area (Å²) in [7, 11) is 0. The molecule has 1 saturated carbocycles. The lowest BCUT2D eigenvalue weighted by Gasteiger charge is -2.07. The SMILES string of the molecule is Cc1oc2ccc(OCc3ccccc3)cc2c1C(=O)NCc1nc(C2CC2)no1. The number of aryl methyl sites for hydroxylation is 1. The fraction of sp³-hybridized carbons (Fsp3) is 0.261. The molecule has 1 aliphatic carbocycles. The average Bonchev–Trinajstić information content (AvgIpc) is 3.41. The van der Waals surface area contributed by atoms with Crippen molar-refractivity contribution in [3.05, 3.63) is 77.1 Å². The maximum atomic E-state index is 12.9. The second-order valence-corrected chi connectivity index (χ2v) is 7.47. The van der Waals surface area contributed by atoms with Gasteiger partial charge < -0.3 is 19.0 Å². The molecule has 30 heavy (non-hydrogen) atoms. The molecule has 0 spiro atoms. The molecule has 5 rings (SSSR count). The van der Waals surface area contributed by atoms with Crippen LogP contribution in [0.25, 0.3) is 11.0 Å². The Hall–Kier alpha value is -3.61. The van der Waals surface area contributed by atoms with E-state index in [0.29, 0.717) is 46.5 Å². The van der Waals surface area contributed by atoms with Crippen LogP contribution in [0.3, 0.4) is 0 Å². The molecule has 2 aromatic carbocycles. The molecule has 1 aliphatic rings. The third kappa shape index (κ3) is 3.78. The van der Waals surface area contributed by atoms with Gasteiger partial charge in [-0.25, -0.2) is 0 Å². The first-order valence-electron chi connectivity index (χ1n) is 9.98. The van der Waals surface area contributed by atoms with E-state index in [1.54, 1.807) is 6.92 Å². The van der Waals surface area contributed by atoms with E-state index in [2.05, 4.69) is 15.5 Å². The highest BCUT2D eigenvalue weighted by molar-refractivity contribution is 6.07. The molecular weight excluding hydrogens is 382 g/mol. The van der Waals surface area contributed by atoms with Gasteiger partial charge in [0.25, 0.3) is 5.91 Å². The maximum Gasteiger partial charge on any atom is 0.255 e. The van der Waals surface area contributed by atoms with Crippen molar-refractivity contribution in [1.29, 1.82) is 0 Å². The summed E-state index contributed by atoms with van der Waals surface area (Å²) in [6.07, 6.45) is 2.19. The number of furan rings is 1. The summed E-state index contributed by atoms with van der Waals surface area (Å²) in [5.74, 6) is 2.51. The Labute approximate surface area is 173 Å². The highest BCUT2D eigenvalue weighted by Crippen LogP contribution is 2.38. The van der Waals surface area contributed by atoms with E-state index in [4.69, 9.17) is 13.7 Å². The lowest BCUT2D eigenvalue weighted by Crippen LogP contribution is -2.23. The highest BCUT2D eigenvalue weighted by atomic mass is 16.5. The minimum Gasteiger partial charge on any atom is -0.489 e. The smallest absolute Gasteiger partial charge is 0.255 e. The van der Waals surface area contributed by atoms with E-state index in [1.165, 1.54) is 0 Å². The summed E-state index contributed by atoms with van der Waals surface area (Å²) in [5, 5.41) is 7.53. The molecule has 0 unspecified atom stereocenters. The molecule has 7 heteroatoms. The number of rotatable bonds is 7. The van der Waals surface area contributed by atoms with Gasteiger partial charge in [0.05, 0.1) is 12.1 Å². The lowest BCUT2D eigenvalue weighted by molar-refractivity contribution is 0.0946. The number of benzene rings is 2. The summed E-state index contributed by atoms with van der Waals surface area (Å²) in [4.78, 5) is 17.2. The van der Waals surface area contributed by atoms with Crippen LogP contribution in [-0.4, -0.2) is 16.0 Å². The molecule has 7 nitrogen and oxygen atoms in total. The average molecular weight is 403 g/mol. The van der Waals surface area contributed by atoms with Crippen LogP contribution in [0.5, 0.6) is 5.75 Å². The van der Waals surface area contributed by atoms with Gasteiger partial charge in [-0.1, -0.05) is 35.5 Å². The van der Waals surface area contributed by atoms with Crippen LogP contribution in [0.1, 0.15) is 52.2 Å². The molecule has 0 bridgehead atoms. The summed E-state index contributed by atoms with van der Waals surface area (Å²) in [5.41, 5.74) is 2.19. The predicted molar refractivity (Wildman–Crippen MR) is 109 cm³/mol.